The van der Waals surface area contributed by atoms with Gasteiger partial charge in [-0.1, -0.05) is 11.6 Å². The molecule has 3 aromatic rings. The number of nitrogens with one attached hydrogen (secondary N) is 4. The number of benzene rings is 1. The molecule has 15 nitrogen and oxygen atoms in total. The van der Waals surface area contributed by atoms with Gasteiger partial charge in [-0.2, -0.15) is 20.0 Å². The second-order valence-electron chi connectivity index (χ2n) is 10.0. The van der Waals surface area contributed by atoms with E-state index in [-0.39, 0.29) is 41.6 Å². The van der Waals surface area contributed by atoms with Crippen LogP contribution in [0.1, 0.15) is 37.4 Å². The first kappa shape index (κ1) is 32.3. The van der Waals surface area contributed by atoms with Gasteiger partial charge in [0.05, 0.1) is 53.9 Å². The van der Waals surface area contributed by atoms with Gasteiger partial charge in [-0.05, 0) is 44.9 Å². The molecule has 232 valence electrons. The molecule has 44 heavy (non-hydrogen) atoms. The van der Waals surface area contributed by atoms with Crippen LogP contribution >= 0.6 is 24.0 Å². The number of anilines is 4. The molecule has 4 heterocycles. The topological polar surface area (TPSA) is 195 Å². The molecule has 0 aliphatic carbocycles. The standard InChI is InChI=1S/C27H30ClN11O4.ClH/c1-3-31-23-24-33-13-16(12-30)39(24)37-26(36-23)34-19-9-15(11-29)10-20(22(19)28)38-8-6-17(35-27(41)42-2)21(14-38)43-25(40)18-5-4-7-32-18;/h9-10,13,17-18,21,32H,3-8,14H2,1-2H3,(H,35,41)(H2,31,34,36,37);1H/t17-,18+,21-;/m1./s1. The summed E-state index contributed by atoms with van der Waals surface area (Å²) in [7, 11) is 1.27. The summed E-state index contributed by atoms with van der Waals surface area (Å²) in [4.78, 5) is 35.6. The summed E-state index contributed by atoms with van der Waals surface area (Å²) in [5.41, 5.74) is 1.80. The maximum Gasteiger partial charge on any atom is 0.407 e. The van der Waals surface area contributed by atoms with Crippen molar-refractivity contribution in [2.45, 2.75) is 44.4 Å². The molecule has 2 saturated heterocycles. The minimum Gasteiger partial charge on any atom is -0.457 e. The van der Waals surface area contributed by atoms with Crippen LogP contribution in [-0.2, 0) is 14.3 Å². The predicted molar refractivity (Wildman–Crippen MR) is 163 cm³/mol. The molecule has 2 aromatic heterocycles. The Morgan fingerprint density at radius 3 is 2.75 bits per heavy atom. The third-order valence-electron chi connectivity index (χ3n) is 7.25. The number of alkyl carbamates (subject to hydrolysis) is 1. The summed E-state index contributed by atoms with van der Waals surface area (Å²) in [6.45, 7) is 3.83. The van der Waals surface area contributed by atoms with Crippen LogP contribution < -0.4 is 26.2 Å². The predicted octanol–water partition coefficient (Wildman–Crippen LogP) is 2.72. The number of methoxy groups -OCH3 is 1. The van der Waals surface area contributed by atoms with E-state index in [2.05, 4.69) is 48.5 Å². The highest BCUT2D eigenvalue weighted by atomic mass is 35.5. The summed E-state index contributed by atoms with van der Waals surface area (Å²) >= 11 is 6.91. The minimum atomic E-state index is -0.708. The monoisotopic (exact) mass is 643 g/mol. The number of amides is 1. The van der Waals surface area contributed by atoms with Gasteiger partial charge in [0, 0.05) is 13.1 Å². The van der Waals surface area contributed by atoms with Crippen LogP contribution in [0.2, 0.25) is 5.02 Å². The second-order valence-corrected chi connectivity index (χ2v) is 10.4. The molecule has 2 aliphatic rings. The van der Waals surface area contributed by atoms with Gasteiger partial charge in [-0.3, -0.25) is 4.79 Å². The summed E-state index contributed by atoms with van der Waals surface area (Å²) in [5, 5.41) is 36.1. The Bertz CT molecular complexity index is 1610. The Morgan fingerprint density at radius 2 is 2.07 bits per heavy atom. The molecule has 5 rings (SSSR count). The number of piperidine rings is 1. The number of carbonyl (C=O) groups is 2. The highest BCUT2D eigenvalue weighted by Crippen LogP contribution is 2.37. The van der Waals surface area contributed by atoms with E-state index < -0.39 is 24.3 Å². The molecule has 4 N–H and O–H groups in total. The van der Waals surface area contributed by atoms with Crippen molar-refractivity contribution in [1.82, 2.24) is 30.2 Å². The molecule has 0 bridgehead atoms. The van der Waals surface area contributed by atoms with Crippen molar-refractivity contribution in [2.75, 3.05) is 48.8 Å². The van der Waals surface area contributed by atoms with Crippen LogP contribution in [0.4, 0.5) is 27.9 Å². The van der Waals surface area contributed by atoms with E-state index in [0.29, 0.717) is 54.3 Å². The van der Waals surface area contributed by atoms with Crippen molar-refractivity contribution in [3.63, 3.8) is 0 Å². The Labute approximate surface area is 264 Å². The van der Waals surface area contributed by atoms with E-state index >= 15 is 0 Å². The number of nitrogens with zero attached hydrogens (tertiary/aromatic N) is 7. The van der Waals surface area contributed by atoms with Gasteiger partial charge >= 0.3 is 12.1 Å². The van der Waals surface area contributed by atoms with Gasteiger partial charge in [-0.15, -0.1) is 17.5 Å². The molecule has 0 spiro atoms. The quantitative estimate of drug-likeness (QED) is 0.262. The zero-order valence-electron chi connectivity index (χ0n) is 24.0. The van der Waals surface area contributed by atoms with Crippen LogP contribution in [0.15, 0.2) is 18.3 Å². The molecule has 0 unspecified atom stereocenters. The van der Waals surface area contributed by atoms with Crippen molar-refractivity contribution in [1.29, 1.82) is 10.5 Å². The smallest absolute Gasteiger partial charge is 0.407 e. The summed E-state index contributed by atoms with van der Waals surface area (Å²) in [5.74, 6) is 0.147. The lowest BCUT2D eigenvalue weighted by Crippen LogP contribution is -2.56. The fourth-order valence-electron chi connectivity index (χ4n) is 5.16. The van der Waals surface area contributed by atoms with E-state index in [1.165, 1.54) is 17.8 Å². The number of hydrogen-bond acceptors (Lipinski definition) is 13. The van der Waals surface area contributed by atoms with Crippen molar-refractivity contribution < 1.29 is 19.1 Å². The average molecular weight is 645 g/mol. The van der Waals surface area contributed by atoms with Gasteiger partial charge in [0.15, 0.2) is 17.2 Å². The third-order valence-corrected chi connectivity index (χ3v) is 7.65. The number of rotatable bonds is 8. The molecule has 1 amide bonds. The summed E-state index contributed by atoms with van der Waals surface area (Å²) in [6, 6.07) is 6.53. The molecule has 2 fully saturated rings. The SMILES string of the molecule is CCNc1nc(Nc2cc(C#N)cc(N3CC[C@@H](NC(=O)OC)[C@H](OC(=O)[C@@H]4CCCN4)C3)c2Cl)nn2c(C#N)cnc12.Cl. The van der Waals surface area contributed by atoms with E-state index in [1.54, 1.807) is 12.1 Å². The fourth-order valence-corrected chi connectivity index (χ4v) is 5.43. The first-order valence-electron chi connectivity index (χ1n) is 13.8. The maximum absolute atomic E-state index is 12.9. The van der Waals surface area contributed by atoms with Crippen LogP contribution in [0.25, 0.3) is 5.65 Å². The Balaban J connectivity index is 0.00000442. The maximum atomic E-state index is 12.9. The molecular weight excluding hydrogens is 613 g/mol. The van der Waals surface area contributed by atoms with Crippen molar-refractivity contribution in [2.24, 2.45) is 0 Å². The lowest BCUT2D eigenvalue weighted by molar-refractivity contribution is -0.152. The Kier molecular flexibility index (Phi) is 10.5. The molecular formula is C27H31Cl2N11O4. The highest BCUT2D eigenvalue weighted by Gasteiger charge is 2.36. The number of halogens is 2. The first-order chi connectivity index (χ1) is 20.8. The summed E-state index contributed by atoms with van der Waals surface area (Å²) in [6.07, 6.45) is 2.04. The van der Waals surface area contributed by atoms with E-state index in [4.69, 9.17) is 21.1 Å². The molecule has 3 atom stereocenters. The normalized spacial score (nSPS) is 19.3. The van der Waals surface area contributed by atoms with Gasteiger partial charge in [-0.25, -0.2) is 9.78 Å². The second kappa shape index (κ2) is 14.3. The molecule has 17 heteroatoms. The zero-order valence-corrected chi connectivity index (χ0v) is 25.5. The Hall–Kier alpha value is -4.57. The van der Waals surface area contributed by atoms with Crippen molar-refractivity contribution >= 4 is 64.9 Å². The van der Waals surface area contributed by atoms with Gasteiger partial charge < -0.3 is 35.6 Å². The first-order valence-corrected chi connectivity index (χ1v) is 14.2. The molecule has 2 aliphatic heterocycles. The van der Waals surface area contributed by atoms with E-state index in [9.17, 15) is 20.1 Å². The van der Waals surface area contributed by atoms with Crippen LogP contribution in [-0.4, -0.2) is 83.1 Å². The van der Waals surface area contributed by atoms with Crippen LogP contribution in [0.5, 0.6) is 0 Å². The summed E-state index contributed by atoms with van der Waals surface area (Å²) < 4.78 is 12.0. The number of fused-ring (bicyclic) bond motifs is 1. The number of carbonyl (C=O) groups excluding carboxylic acids is 2. The molecule has 1 aromatic carbocycles. The van der Waals surface area contributed by atoms with E-state index in [1.807, 2.05) is 11.8 Å². The molecule has 0 radical (unpaired) electrons. The fraction of sp³-hybridized carbons (Fsp3) is 0.444. The zero-order chi connectivity index (χ0) is 30.5. The number of ether oxygens (including phenoxy) is 2. The number of imidazole rings is 1. The lowest BCUT2D eigenvalue weighted by Gasteiger charge is -2.40. The Morgan fingerprint density at radius 1 is 1.25 bits per heavy atom. The molecule has 0 saturated carbocycles. The van der Waals surface area contributed by atoms with Gasteiger partial charge in [0.2, 0.25) is 5.95 Å². The number of aromatic nitrogens is 4. The van der Waals surface area contributed by atoms with Crippen LogP contribution in [0, 0.1) is 22.7 Å². The van der Waals surface area contributed by atoms with Crippen molar-refractivity contribution in [3.05, 3.63) is 34.6 Å². The number of nitriles is 2. The third kappa shape index (κ3) is 6.81. The minimum absolute atomic E-state index is 0. The van der Waals surface area contributed by atoms with Gasteiger partial charge in [0.1, 0.15) is 18.2 Å². The van der Waals surface area contributed by atoms with Crippen molar-refractivity contribution in [3.8, 4) is 12.1 Å². The number of esters is 1. The van der Waals surface area contributed by atoms with E-state index in [0.717, 1.165) is 13.0 Å². The highest BCUT2D eigenvalue weighted by molar-refractivity contribution is 6.36. The van der Waals surface area contributed by atoms with Gasteiger partial charge in [0.25, 0.3) is 0 Å². The number of hydrogen-bond donors (Lipinski definition) is 4. The van der Waals surface area contributed by atoms with Crippen LogP contribution in [0.3, 0.4) is 0 Å². The largest absolute Gasteiger partial charge is 0.457 e. The average Bonchev–Trinajstić information content (AvgIpc) is 3.70. The lowest BCUT2D eigenvalue weighted by atomic mass is 10.00.